The van der Waals surface area contributed by atoms with Gasteiger partial charge in [0.25, 0.3) is 0 Å². The summed E-state index contributed by atoms with van der Waals surface area (Å²) in [6.07, 6.45) is 5.63. The Balaban J connectivity index is 1.75. The predicted octanol–water partition coefficient (Wildman–Crippen LogP) is 1.79. The van der Waals surface area contributed by atoms with Gasteiger partial charge in [-0.15, -0.1) is 0 Å². The molecule has 0 bridgehead atoms. The Labute approximate surface area is 116 Å². The summed E-state index contributed by atoms with van der Waals surface area (Å²) >= 11 is 0. The summed E-state index contributed by atoms with van der Waals surface area (Å²) in [5, 5.41) is 3.37. The largest absolute Gasteiger partial charge is 0.372 e. The number of nitrogens with zero attached hydrogens (tertiary/aromatic N) is 1. The van der Waals surface area contributed by atoms with E-state index in [1.54, 1.807) is 0 Å². The first-order valence-corrected chi connectivity index (χ1v) is 7.83. The van der Waals surface area contributed by atoms with E-state index in [9.17, 15) is 4.79 Å². The molecule has 0 aliphatic carbocycles. The molecule has 0 aromatic rings. The molecule has 2 heterocycles. The quantitative estimate of drug-likeness (QED) is 0.845. The number of nitrogens with one attached hydrogen (secondary N) is 1. The number of morpholine rings is 1. The van der Waals surface area contributed by atoms with E-state index in [0.29, 0.717) is 12.3 Å². The molecule has 1 amide bonds. The molecule has 0 radical (unpaired) electrons. The monoisotopic (exact) mass is 268 g/mol. The van der Waals surface area contributed by atoms with Gasteiger partial charge in [0.1, 0.15) is 0 Å². The van der Waals surface area contributed by atoms with E-state index in [-0.39, 0.29) is 12.2 Å². The third-order valence-corrected chi connectivity index (χ3v) is 4.36. The van der Waals surface area contributed by atoms with Crippen LogP contribution in [0.4, 0.5) is 0 Å². The lowest BCUT2D eigenvalue weighted by atomic mass is 9.93. The third-order valence-electron chi connectivity index (χ3n) is 4.36. The number of carbonyl (C=O) groups is 1. The van der Waals surface area contributed by atoms with Gasteiger partial charge in [0, 0.05) is 19.5 Å². The van der Waals surface area contributed by atoms with Crippen LogP contribution in [0.2, 0.25) is 0 Å². The fourth-order valence-corrected chi connectivity index (χ4v) is 3.13. The van der Waals surface area contributed by atoms with Crippen LogP contribution < -0.4 is 5.32 Å². The minimum atomic E-state index is 0.182. The van der Waals surface area contributed by atoms with Gasteiger partial charge in [-0.05, 0) is 51.6 Å². The highest BCUT2D eigenvalue weighted by Crippen LogP contribution is 2.20. The van der Waals surface area contributed by atoms with Crippen LogP contribution in [-0.4, -0.2) is 49.2 Å². The normalized spacial score (nSPS) is 29.5. The number of amides is 1. The molecule has 1 N–H and O–H groups in total. The minimum Gasteiger partial charge on any atom is -0.372 e. The summed E-state index contributed by atoms with van der Waals surface area (Å²) in [6.45, 7) is 7.97. The summed E-state index contributed by atoms with van der Waals surface area (Å²) in [5.41, 5.74) is 0. The minimum absolute atomic E-state index is 0.182. The Bertz CT molecular complexity index is 290. The summed E-state index contributed by atoms with van der Waals surface area (Å²) in [7, 11) is 0. The molecule has 2 fully saturated rings. The molecule has 2 aliphatic rings. The Hall–Kier alpha value is -0.610. The van der Waals surface area contributed by atoms with Gasteiger partial charge in [-0.25, -0.2) is 0 Å². The first kappa shape index (κ1) is 14.8. The highest BCUT2D eigenvalue weighted by atomic mass is 16.5. The predicted molar refractivity (Wildman–Crippen MR) is 76.0 cm³/mol. The summed E-state index contributed by atoms with van der Waals surface area (Å²) in [6, 6.07) is 0. The van der Waals surface area contributed by atoms with Gasteiger partial charge in [0.2, 0.25) is 5.91 Å². The second-order valence-corrected chi connectivity index (χ2v) is 6.01. The third kappa shape index (κ3) is 4.46. The van der Waals surface area contributed by atoms with Gasteiger partial charge in [-0.2, -0.15) is 0 Å². The highest BCUT2D eigenvalue weighted by Gasteiger charge is 2.27. The molecule has 4 heteroatoms. The first-order chi connectivity index (χ1) is 9.19. The lowest BCUT2D eigenvalue weighted by Gasteiger charge is -2.37. The number of piperidine rings is 1. The molecule has 4 nitrogen and oxygen atoms in total. The van der Waals surface area contributed by atoms with Gasteiger partial charge in [0.05, 0.1) is 12.2 Å². The van der Waals surface area contributed by atoms with Crippen molar-refractivity contribution in [1.29, 1.82) is 0 Å². The number of hydrogen-bond acceptors (Lipinski definition) is 3. The average Bonchev–Trinajstić information content (AvgIpc) is 2.45. The Kier molecular flexibility index (Phi) is 5.64. The van der Waals surface area contributed by atoms with Crippen molar-refractivity contribution in [3.8, 4) is 0 Å². The molecule has 2 saturated heterocycles. The van der Waals surface area contributed by atoms with E-state index in [2.05, 4.69) is 19.2 Å². The van der Waals surface area contributed by atoms with Crippen molar-refractivity contribution in [2.24, 2.45) is 5.92 Å². The van der Waals surface area contributed by atoms with Crippen LogP contribution in [0.25, 0.3) is 0 Å². The van der Waals surface area contributed by atoms with Gasteiger partial charge >= 0.3 is 0 Å². The van der Waals surface area contributed by atoms with E-state index >= 15 is 0 Å². The van der Waals surface area contributed by atoms with Crippen molar-refractivity contribution in [2.75, 3.05) is 26.2 Å². The first-order valence-electron chi connectivity index (χ1n) is 7.83. The van der Waals surface area contributed by atoms with E-state index in [1.165, 1.54) is 12.8 Å². The molecule has 2 atom stereocenters. The van der Waals surface area contributed by atoms with Crippen molar-refractivity contribution in [1.82, 2.24) is 10.2 Å². The maximum absolute atomic E-state index is 12.3. The Morgan fingerprint density at radius 1 is 1.32 bits per heavy atom. The topological polar surface area (TPSA) is 41.6 Å². The maximum Gasteiger partial charge on any atom is 0.222 e. The van der Waals surface area contributed by atoms with Crippen LogP contribution in [-0.2, 0) is 9.53 Å². The molecular weight excluding hydrogens is 240 g/mol. The lowest BCUT2D eigenvalue weighted by molar-refractivity contribution is -0.144. The molecule has 0 spiro atoms. The fraction of sp³-hybridized carbons (Fsp3) is 0.933. The molecule has 0 aromatic carbocycles. The zero-order valence-corrected chi connectivity index (χ0v) is 12.4. The van der Waals surface area contributed by atoms with Crippen LogP contribution >= 0.6 is 0 Å². The standard InChI is InChI=1S/C15H28N2O2/c1-3-14-11-17(10-12(2)19-14)15(18)5-4-13-6-8-16-9-7-13/h12-14,16H,3-11H2,1-2H3. The molecule has 2 unspecified atom stereocenters. The zero-order chi connectivity index (χ0) is 13.7. The van der Waals surface area contributed by atoms with Gasteiger partial charge in [-0.3, -0.25) is 4.79 Å². The Morgan fingerprint density at radius 2 is 2.05 bits per heavy atom. The van der Waals surface area contributed by atoms with Gasteiger partial charge in [0.15, 0.2) is 0 Å². The number of hydrogen-bond donors (Lipinski definition) is 1. The zero-order valence-electron chi connectivity index (χ0n) is 12.4. The lowest BCUT2D eigenvalue weighted by Crippen LogP contribution is -2.49. The van der Waals surface area contributed by atoms with Crippen LogP contribution in [0.1, 0.15) is 46.0 Å². The molecular formula is C15H28N2O2. The van der Waals surface area contributed by atoms with Crippen molar-refractivity contribution in [2.45, 2.75) is 58.2 Å². The van der Waals surface area contributed by atoms with Crippen LogP contribution in [0.3, 0.4) is 0 Å². The molecule has 0 saturated carbocycles. The number of ether oxygens (including phenoxy) is 1. The van der Waals surface area contributed by atoms with Crippen LogP contribution in [0.15, 0.2) is 0 Å². The van der Waals surface area contributed by atoms with E-state index in [4.69, 9.17) is 4.74 Å². The van der Waals surface area contributed by atoms with Crippen molar-refractivity contribution < 1.29 is 9.53 Å². The second-order valence-electron chi connectivity index (χ2n) is 6.01. The maximum atomic E-state index is 12.3. The number of carbonyl (C=O) groups excluding carboxylic acids is 1. The molecule has 2 aliphatic heterocycles. The summed E-state index contributed by atoms with van der Waals surface area (Å²) in [4.78, 5) is 14.3. The van der Waals surface area contributed by atoms with Gasteiger partial charge in [-0.1, -0.05) is 6.92 Å². The Morgan fingerprint density at radius 3 is 2.74 bits per heavy atom. The second kappa shape index (κ2) is 7.25. The van der Waals surface area contributed by atoms with E-state index in [0.717, 1.165) is 44.9 Å². The highest BCUT2D eigenvalue weighted by molar-refractivity contribution is 5.76. The van der Waals surface area contributed by atoms with Crippen LogP contribution in [0, 0.1) is 5.92 Å². The molecule has 2 rings (SSSR count). The summed E-state index contributed by atoms with van der Waals surface area (Å²) in [5.74, 6) is 1.07. The van der Waals surface area contributed by atoms with Crippen molar-refractivity contribution in [3.05, 3.63) is 0 Å². The van der Waals surface area contributed by atoms with E-state index in [1.807, 2.05) is 4.90 Å². The molecule has 0 aromatic heterocycles. The molecule has 19 heavy (non-hydrogen) atoms. The fourth-order valence-electron chi connectivity index (χ4n) is 3.13. The van der Waals surface area contributed by atoms with E-state index < -0.39 is 0 Å². The summed E-state index contributed by atoms with van der Waals surface area (Å²) < 4.78 is 5.81. The van der Waals surface area contributed by atoms with Crippen molar-refractivity contribution >= 4 is 5.91 Å². The SMILES string of the molecule is CCC1CN(C(=O)CCC2CCNCC2)CC(C)O1. The van der Waals surface area contributed by atoms with Gasteiger partial charge < -0.3 is 15.0 Å². The number of rotatable bonds is 4. The average molecular weight is 268 g/mol. The molecule has 110 valence electrons. The van der Waals surface area contributed by atoms with Crippen LogP contribution in [0.5, 0.6) is 0 Å². The van der Waals surface area contributed by atoms with Crippen molar-refractivity contribution in [3.63, 3.8) is 0 Å². The smallest absolute Gasteiger partial charge is 0.222 e.